The molecule has 2 aromatic carbocycles. The van der Waals surface area contributed by atoms with E-state index in [1.807, 2.05) is 6.92 Å². The van der Waals surface area contributed by atoms with Gasteiger partial charge >= 0.3 is 6.03 Å². The van der Waals surface area contributed by atoms with E-state index >= 15 is 0 Å². The Labute approximate surface area is 215 Å². The number of carbonyl (C=O) groups is 3. The van der Waals surface area contributed by atoms with Gasteiger partial charge in [-0.05, 0) is 56.0 Å². The van der Waals surface area contributed by atoms with E-state index in [0.29, 0.717) is 41.2 Å². The molecule has 4 rings (SSSR count). The first kappa shape index (κ1) is 26.1. The summed E-state index contributed by atoms with van der Waals surface area (Å²) in [7, 11) is 0. The molecule has 0 radical (unpaired) electrons. The van der Waals surface area contributed by atoms with E-state index < -0.39 is 17.8 Å². The number of urea groups is 1. The van der Waals surface area contributed by atoms with E-state index in [9.17, 15) is 18.8 Å². The van der Waals surface area contributed by atoms with Crippen molar-refractivity contribution in [1.29, 1.82) is 0 Å². The van der Waals surface area contributed by atoms with Gasteiger partial charge in [0.05, 0.1) is 6.61 Å². The quantitative estimate of drug-likeness (QED) is 0.282. The van der Waals surface area contributed by atoms with Crippen LogP contribution < -0.4 is 14.8 Å². The van der Waals surface area contributed by atoms with Crippen molar-refractivity contribution in [2.45, 2.75) is 58.1 Å². The highest BCUT2D eigenvalue weighted by Gasteiger charge is 2.40. The Balaban J connectivity index is 1.69. The second kappa shape index (κ2) is 11.9. The highest BCUT2D eigenvalue weighted by atomic mass is 19.1. The first-order chi connectivity index (χ1) is 17.9. The molecular formula is C29H31FN2O5. The van der Waals surface area contributed by atoms with Crippen molar-refractivity contribution in [3.05, 3.63) is 77.1 Å². The highest BCUT2D eigenvalue weighted by Crippen LogP contribution is 2.36. The van der Waals surface area contributed by atoms with Crippen molar-refractivity contribution in [3.8, 4) is 11.5 Å². The maximum atomic E-state index is 14.1. The summed E-state index contributed by atoms with van der Waals surface area (Å²) >= 11 is 0. The number of nitrogens with one attached hydrogen (secondary N) is 1. The molecule has 2 aromatic rings. The van der Waals surface area contributed by atoms with Gasteiger partial charge in [0.15, 0.2) is 11.5 Å². The Morgan fingerprint density at radius 2 is 1.84 bits per heavy atom. The van der Waals surface area contributed by atoms with Gasteiger partial charge in [-0.3, -0.25) is 19.8 Å². The van der Waals surface area contributed by atoms with Crippen molar-refractivity contribution in [3.63, 3.8) is 0 Å². The molecule has 1 saturated heterocycles. The fourth-order valence-electron chi connectivity index (χ4n) is 4.77. The zero-order valence-corrected chi connectivity index (χ0v) is 20.9. The van der Waals surface area contributed by atoms with Crippen LogP contribution in [0.2, 0.25) is 0 Å². The molecule has 8 heteroatoms. The molecule has 7 nitrogen and oxygen atoms in total. The zero-order chi connectivity index (χ0) is 26.4. The van der Waals surface area contributed by atoms with E-state index in [4.69, 9.17) is 9.47 Å². The van der Waals surface area contributed by atoms with Gasteiger partial charge in [-0.1, -0.05) is 43.5 Å². The Morgan fingerprint density at radius 3 is 2.54 bits per heavy atom. The van der Waals surface area contributed by atoms with Gasteiger partial charge in [0, 0.05) is 17.2 Å². The maximum Gasteiger partial charge on any atom is 0.331 e. The molecule has 2 fully saturated rings. The van der Waals surface area contributed by atoms with Gasteiger partial charge in [0.1, 0.15) is 18.0 Å². The molecule has 1 saturated carbocycles. The fourth-order valence-corrected chi connectivity index (χ4v) is 4.77. The molecule has 1 aliphatic carbocycles. The Bertz CT molecular complexity index is 1230. The summed E-state index contributed by atoms with van der Waals surface area (Å²) < 4.78 is 26.0. The molecule has 0 atom stereocenters. The standard InChI is InChI=1S/C29H31FN2O5/c1-3-10-20-15-19(17-25(36-4-2)26(20)37-18-21-11-8-9-14-24(21)30)16-23-27(33)31-29(35)32(28(23)34)22-12-6-5-7-13-22/h3,8-9,11,14-17,22H,1,4-7,10,12-13,18H2,2H3,(H,31,33,35). The molecule has 0 aromatic heterocycles. The normalized spacial score (nSPS) is 17.6. The van der Waals surface area contributed by atoms with Crippen molar-refractivity contribution in [2.75, 3.05) is 6.61 Å². The van der Waals surface area contributed by atoms with Crippen LogP contribution in [0.1, 0.15) is 55.7 Å². The second-order valence-electron chi connectivity index (χ2n) is 9.10. The number of carbonyl (C=O) groups excluding carboxylic acids is 3. The van der Waals surface area contributed by atoms with E-state index in [0.717, 1.165) is 32.1 Å². The second-order valence-corrected chi connectivity index (χ2v) is 9.10. The maximum absolute atomic E-state index is 14.1. The lowest BCUT2D eigenvalue weighted by atomic mass is 9.93. The number of rotatable bonds is 9. The lowest BCUT2D eigenvalue weighted by Gasteiger charge is -2.35. The lowest BCUT2D eigenvalue weighted by Crippen LogP contribution is -2.58. The Morgan fingerprint density at radius 1 is 1.08 bits per heavy atom. The van der Waals surface area contributed by atoms with Crippen LogP contribution in [0, 0.1) is 5.82 Å². The summed E-state index contributed by atoms with van der Waals surface area (Å²) in [5.41, 5.74) is 1.53. The number of amides is 4. The minimum atomic E-state index is -0.731. The molecule has 0 bridgehead atoms. The third-order valence-corrected chi connectivity index (χ3v) is 6.53. The third kappa shape index (κ3) is 5.90. The highest BCUT2D eigenvalue weighted by molar-refractivity contribution is 6.31. The van der Waals surface area contributed by atoms with Gasteiger partial charge in [-0.15, -0.1) is 6.58 Å². The van der Waals surface area contributed by atoms with Gasteiger partial charge in [0.2, 0.25) is 0 Å². The zero-order valence-electron chi connectivity index (χ0n) is 20.9. The number of halogens is 1. The van der Waals surface area contributed by atoms with Crippen molar-refractivity contribution in [2.24, 2.45) is 0 Å². The molecule has 0 spiro atoms. The first-order valence-corrected chi connectivity index (χ1v) is 12.6. The molecule has 0 unspecified atom stereocenters. The Kier molecular flexibility index (Phi) is 8.38. The van der Waals surface area contributed by atoms with Crippen molar-refractivity contribution >= 4 is 23.9 Å². The van der Waals surface area contributed by atoms with Crippen LogP contribution in [0.25, 0.3) is 6.08 Å². The average Bonchev–Trinajstić information content (AvgIpc) is 2.88. The predicted molar refractivity (Wildman–Crippen MR) is 137 cm³/mol. The summed E-state index contributed by atoms with van der Waals surface area (Å²) in [6.45, 7) is 5.97. The van der Waals surface area contributed by atoms with E-state index in [2.05, 4.69) is 11.9 Å². The lowest BCUT2D eigenvalue weighted by molar-refractivity contribution is -0.132. The van der Waals surface area contributed by atoms with Gasteiger partial charge in [-0.25, -0.2) is 9.18 Å². The van der Waals surface area contributed by atoms with Crippen LogP contribution in [-0.2, 0) is 22.6 Å². The molecular weight excluding hydrogens is 475 g/mol. The first-order valence-electron chi connectivity index (χ1n) is 12.6. The van der Waals surface area contributed by atoms with Gasteiger partial charge < -0.3 is 9.47 Å². The Hall–Kier alpha value is -3.94. The van der Waals surface area contributed by atoms with Crippen molar-refractivity contribution < 1.29 is 28.2 Å². The molecule has 194 valence electrons. The average molecular weight is 507 g/mol. The summed E-state index contributed by atoms with van der Waals surface area (Å²) in [6.07, 6.45) is 7.97. The predicted octanol–water partition coefficient (Wildman–Crippen LogP) is 5.33. The monoisotopic (exact) mass is 506 g/mol. The fraction of sp³-hybridized carbons (Fsp3) is 0.345. The van der Waals surface area contributed by atoms with Gasteiger partial charge in [-0.2, -0.15) is 0 Å². The summed E-state index contributed by atoms with van der Waals surface area (Å²) in [4.78, 5) is 39.7. The third-order valence-electron chi connectivity index (χ3n) is 6.53. The molecule has 2 aliphatic rings. The van der Waals surface area contributed by atoms with Crippen LogP contribution >= 0.6 is 0 Å². The number of hydrogen-bond donors (Lipinski definition) is 1. The summed E-state index contributed by atoms with van der Waals surface area (Å²) in [5.74, 6) is -0.862. The molecule has 1 N–H and O–H groups in total. The molecule has 1 heterocycles. The number of benzene rings is 2. The minimum absolute atomic E-state index is 0.00330. The molecule has 1 aliphatic heterocycles. The molecule has 4 amide bonds. The molecule has 37 heavy (non-hydrogen) atoms. The van der Waals surface area contributed by atoms with Gasteiger partial charge in [0.25, 0.3) is 11.8 Å². The summed E-state index contributed by atoms with van der Waals surface area (Å²) in [6, 6.07) is 8.92. The van der Waals surface area contributed by atoms with E-state index in [1.54, 1.807) is 36.4 Å². The number of hydrogen-bond acceptors (Lipinski definition) is 5. The SMILES string of the molecule is C=CCc1cc(C=C2C(=O)NC(=O)N(C3CCCCC3)C2=O)cc(OCC)c1OCc1ccccc1F. The van der Waals surface area contributed by atoms with Crippen LogP contribution in [-0.4, -0.2) is 35.4 Å². The minimum Gasteiger partial charge on any atom is -0.490 e. The smallest absolute Gasteiger partial charge is 0.331 e. The van der Waals surface area contributed by atoms with Crippen LogP contribution in [0.15, 0.2) is 54.6 Å². The summed E-state index contributed by atoms with van der Waals surface area (Å²) in [5, 5.41) is 2.31. The van der Waals surface area contributed by atoms with Crippen LogP contribution in [0.4, 0.5) is 9.18 Å². The number of nitrogens with zero attached hydrogens (tertiary/aromatic N) is 1. The number of imide groups is 2. The van der Waals surface area contributed by atoms with Crippen LogP contribution in [0.3, 0.4) is 0 Å². The topological polar surface area (TPSA) is 84.9 Å². The van der Waals surface area contributed by atoms with E-state index in [1.165, 1.54) is 17.0 Å². The number of barbiturate groups is 1. The van der Waals surface area contributed by atoms with Crippen molar-refractivity contribution in [1.82, 2.24) is 10.2 Å². The largest absolute Gasteiger partial charge is 0.490 e. The van der Waals surface area contributed by atoms with Crippen LogP contribution in [0.5, 0.6) is 11.5 Å². The number of allylic oxidation sites excluding steroid dienone is 1. The number of ether oxygens (including phenoxy) is 2. The van der Waals surface area contributed by atoms with E-state index in [-0.39, 0.29) is 24.0 Å².